The van der Waals surface area contributed by atoms with Crippen LogP contribution in [-0.2, 0) is 11.3 Å². The lowest BCUT2D eigenvalue weighted by Gasteiger charge is -2.33. The number of pyridine rings is 1. The number of hydrogen-bond acceptors (Lipinski definition) is 4. The van der Waals surface area contributed by atoms with Gasteiger partial charge in [-0.15, -0.1) is 0 Å². The van der Waals surface area contributed by atoms with E-state index in [1.165, 1.54) is 12.8 Å². The highest BCUT2D eigenvalue weighted by Gasteiger charge is 2.34. The Morgan fingerprint density at radius 1 is 1.32 bits per heavy atom. The molecule has 2 atom stereocenters. The number of morpholine rings is 1. The van der Waals surface area contributed by atoms with Crippen molar-refractivity contribution in [1.82, 2.24) is 10.3 Å². The molecule has 104 valence electrons. The van der Waals surface area contributed by atoms with Crippen LogP contribution in [0, 0.1) is 0 Å². The zero-order chi connectivity index (χ0) is 13.2. The summed E-state index contributed by atoms with van der Waals surface area (Å²) in [6.45, 7) is 7.13. The molecule has 2 bridgehead atoms. The molecule has 0 spiro atoms. The molecule has 0 radical (unpaired) electrons. The number of nitrogens with one attached hydrogen (secondary N) is 1. The largest absolute Gasteiger partial charge is 0.371 e. The molecule has 0 amide bonds. The van der Waals surface area contributed by atoms with Crippen LogP contribution in [0.1, 0.15) is 32.4 Å². The molecule has 2 aliphatic rings. The highest BCUT2D eigenvalue weighted by Crippen LogP contribution is 2.28. The Hall–Kier alpha value is -1.13. The monoisotopic (exact) mass is 261 g/mol. The second-order valence-electron chi connectivity index (χ2n) is 5.89. The molecule has 2 aliphatic heterocycles. The minimum Gasteiger partial charge on any atom is -0.371 e. The van der Waals surface area contributed by atoms with E-state index in [-0.39, 0.29) is 0 Å². The number of aromatic nitrogens is 1. The third-order valence-corrected chi connectivity index (χ3v) is 3.85. The van der Waals surface area contributed by atoms with Gasteiger partial charge in [0.1, 0.15) is 5.82 Å². The number of fused-ring (bicyclic) bond motifs is 2. The molecule has 3 heterocycles. The standard InChI is InChI=1S/C15H23N3O/c1-11(2)16-8-12-4-3-5-15(17-12)18-9-13-6-7-14(10-18)19-13/h3-5,11,13-14,16H,6-10H2,1-2H3. The quantitative estimate of drug-likeness (QED) is 0.899. The summed E-state index contributed by atoms with van der Waals surface area (Å²) in [4.78, 5) is 7.15. The summed E-state index contributed by atoms with van der Waals surface area (Å²) in [6.07, 6.45) is 3.24. The van der Waals surface area contributed by atoms with Crippen LogP contribution in [0.5, 0.6) is 0 Å². The molecule has 1 aromatic rings. The summed E-state index contributed by atoms with van der Waals surface area (Å²) >= 11 is 0. The lowest BCUT2D eigenvalue weighted by molar-refractivity contribution is 0.0302. The van der Waals surface area contributed by atoms with Crippen molar-refractivity contribution >= 4 is 5.82 Å². The van der Waals surface area contributed by atoms with Gasteiger partial charge in [0.05, 0.1) is 17.9 Å². The fourth-order valence-corrected chi connectivity index (χ4v) is 2.85. The van der Waals surface area contributed by atoms with Gasteiger partial charge in [-0.2, -0.15) is 0 Å². The second-order valence-corrected chi connectivity index (χ2v) is 5.89. The van der Waals surface area contributed by atoms with Crippen molar-refractivity contribution in [1.29, 1.82) is 0 Å². The lowest BCUT2D eigenvalue weighted by Crippen LogP contribution is -2.43. The maximum absolute atomic E-state index is 5.88. The first-order chi connectivity index (χ1) is 9.20. The first-order valence-corrected chi connectivity index (χ1v) is 7.30. The van der Waals surface area contributed by atoms with E-state index < -0.39 is 0 Å². The average Bonchev–Trinajstić information content (AvgIpc) is 2.75. The zero-order valence-corrected chi connectivity index (χ0v) is 11.8. The molecule has 2 fully saturated rings. The summed E-state index contributed by atoms with van der Waals surface area (Å²) in [5, 5.41) is 3.42. The van der Waals surface area contributed by atoms with E-state index in [9.17, 15) is 0 Å². The molecule has 0 aromatic carbocycles. The molecular formula is C15H23N3O. The molecule has 2 saturated heterocycles. The Morgan fingerprint density at radius 2 is 2.05 bits per heavy atom. The normalized spacial score (nSPS) is 26.2. The maximum atomic E-state index is 5.88. The maximum Gasteiger partial charge on any atom is 0.129 e. The first-order valence-electron chi connectivity index (χ1n) is 7.30. The van der Waals surface area contributed by atoms with Crippen molar-refractivity contribution in [2.75, 3.05) is 18.0 Å². The zero-order valence-electron chi connectivity index (χ0n) is 11.8. The summed E-state index contributed by atoms with van der Waals surface area (Å²) in [7, 11) is 0. The summed E-state index contributed by atoms with van der Waals surface area (Å²) in [6, 6.07) is 6.80. The lowest BCUT2D eigenvalue weighted by atomic mass is 10.2. The van der Waals surface area contributed by atoms with Crippen LogP contribution in [0.2, 0.25) is 0 Å². The SMILES string of the molecule is CC(C)NCc1cccc(N2CC3CCC(C2)O3)n1. The Labute approximate surface area is 115 Å². The third kappa shape index (κ3) is 3.07. The number of anilines is 1. The molecule has 1 aromatic heterocycles. The van der Waals surface area contributed by atoms with Gasteiger partial charge in [0.15, 0.2) is 0 Å². The Morgan fingerprint density at radius 3 is 2.74 bits per heavy atom. The summed E-state index contributed by atoms with van der Waals surface area (Å²) in [5.74, 6) is 1.10. The van der Waals surface area contributed by atoms with Gasteiger partial charge in [-0.1, -0.05) is 19.9 Å². The predicted octanol–water partition coefficient (Wildman–Crippen LogP) is 1.95. The van der Waals surface area contributed by atoms with E-state index in [0.29, 0.717) is 18.2 Å². The average molecular weight is 261 g/mol. The van der Waals surface area contributed by atoms with Crippen molar-refractivity contribution in [2.24, 2.45) is 0 Å². The molecule has 2 unspecified atom stereocenters. The van der Waals surface area contributed by atoms with E-state index >= 15 is 0 Å². The summed E-state index contributed by atoms with van der Waals surface area (Å²) in [5.41, 5.74) is 1.12. The Bertz CT molecular complexity index is 423. The molecule has 0 aliphatic carbocycles. The Kier molecular flexibility index (Phi) is 3.71. The minimum absolute atomic E-state index is 0.415. The van der Waals surface area contributed by atoms with Crippen LogP contribution in [0.25, 0.3) is 0 Å². The van der Waals surface area contributed by atoms with Crippen molar-refractivity contribution in [2.45, 2.75) is 51.5 Å². The van der Waals surface area contributed by atoms with E-state index in [1.54, 1.807) is 0 Å². The van der Waals surface area contributed by atoms with Crippen molar-refractivity contribution in [3.8, 4) is 0 Å². The van der Waals surface area contributed by atoms with Gasteiger partial charge in [0, 0.05) is 25.7 Å². The van der Waals surface area contributed by atoms with Gasteiger partial charge in [0.25, 0.3) is 0 Å². The minimum atomic E-state index is 0.415. The van der Waals surface area contributed by atoms with E-state index in [2.05, 4.69) is 42.3 Å². The fourth-order valence-electron chi connectivity index (χ4n) is 2.85. The molecular weight excluding hydrogens is 238 g/mol. The fraction of sp³-hybridized carbons (Fsp3) is 0.667. The van der Waals surface area contributed by atoms with E-state index in [4.69, 9.17) is 9.72 Å². The van der Waals surface area contributed by atoms with E-state index in [0.717, 1.165) is 31.1 Å². The van der Waals surface area contributed by atoms with Crippen molar-refractivity contribution in [3.63, 3.8) is 0 Å². The van der Waals surface area contributed by atoms with Crippen LogP contribution in [0.15, 0.2) is 18.2 Å². The highest BCUT2D eigenvalue weighted by molar-refractivity contribution is 5.40. The summed E-state index contributed by atoms with van der Waals surface area (Å²) < 4.78 is 5.88. The van der Waals surface area contributed by atoms with Crippen LogP contribution < -0.4 is 10.2 Å². The van der Waals surface area contributed by atoms with Gasteiger partial charge in [-0.3, -0.25) is 0 Å². The third-order valence-electron chi connectivity index (χ3n) is 3.85. The number of ether oxygens (including phenoxy) is 1. The number of hydrogen-bond donors (Lipinski definition) is 1. The molecule has 0 saturated carbocycles. The molecule has 3 rings (SSSR count). The van der Waals surface area contributed by atoms with E-state index in [1.807, 2.05) is 0 Å². The van der Waals surface area contributed by atoms with Gasteiger partial charge in [0.2, 0.25) is 0 Å². The van der Waals surface area contributed by atoms with Gasteiger partial charge in [-0.05, 0) is 25.0 Å². The highest BCUT2D eigenvalue weighted by atomic mass is 16.5. The van der Waals surface area contributed by atoms with Crippen molar-refractivity contribution < 1.29 is 4.74 Å². The Balaban J connectivity index is 1.68. The van der Waals surface area contributed by atoms with Gasteiger partial charge >= 0.3 is 0 Å². The van der Waals surface area contributed by atoms with Crippen molar-refractivity contribution in [3.05, 3.63) is 23.9 Å². The van der Waals surface area contributed by atoms with Crippen LogP contribution in [0.3, 0.4) is 0 Å². The first kappa shape index (κ1) is 12.9. The molecule has 4 heteroatoms. The molecule has 4 nitrogen and oxygen atoms in total. The molecule has 19 heavy (non-hydrogen) atoms. The second kappa shape index (κ2) is 5.47. The predicted molar refractivity (Wildman–Crippen MR) is 76.3 cm³/mol. The number of nitrogens with zero attached hydrogens (tertiary/aromatic N) is 2. The topological polar surface area (TPSA) is 37.4 Å². The van der Waals surface area contributed by atoms with Crippen LogP contribution in [-0.4, -0.2) is 36.3 Å². The smallest absolute Gasteiger partial charge is 0.129 e. The number of rotatable bonds is 4. The molecule has 1 N–H and O–H groups in total. The van der Waals surface area contributed by atoms with Crippen LogP contribution >= 0.6 is 0 Å². The van der Waals surface area contributed by atoms with Gasteiger partial charge in [-0.25, -0.2) is 4.98 Å². The van der Waals surface area contributed by atoms with Crippen LogP contribution in [0.4, 0.5) is 5.82 Å². The van der Waals surface area contributed by atoms with Gasteiger partial charge < -0.3 is 15.0 Å².